The van der Waals surface area contributed by atoms with Gasteiger partial charge in [0.25, 0.3) is 5.91 Å². The summed E-state index contributed by atoms with van der Waals surface area (Å²) in [6, 6.07) is 5.59. The lowest BCUT2D eigenvalue weighted by molar-refractivity contribution is 0.0943. The summed E-state index contributed by atoms with van der Waals surface area (Å²) in [4.78, 5) is 12.5. The standard InChI is InChI=1S/C13H16N2O3S2/c1-20(17,18)10-4-2-3-9(7-10)13(16)15-11(12(14)19)8-5-6-8/h2-4,7-8,11H,5-6H2,1H3,(H2,14,19)(H,15,16). The van der Waals surface area contributed by atoms with E-state index in [2.05, 4.69) is 5.32 Å². The van der Waals surface area contributed by atoms with E-state index in [0.29, 0.717) is 5.92 Å². The molecule has 0 bridgehead atoms. The van der Waals surface area contributed by atoms with E-state index in [1.54, 1.807) is 6.07 Å². The van der Waals surface area contributed by atoms with E-state index in [4.69, 9.17) is 18.0 Å². The van der Waals surface area contributed by atoms with Gasteiger partial charge in [0.15, 0.2) is 9.84 Å². The molecule has 0 heterocycles. The number of hydrogen-bond acceptors (Lipinski definition) is 4. The number of rotatable bonds is 5. The van der Waals surface area contributed by atoms with Gasteiger partial charge in [-0.3, -0.25) is 4.79 Å². The Labute approximate surface area is 123 Å². The monoisotopic (exact) mass is 312 g/mol. The van der Waals surface area contributed by atoms with E-state index in [-0.39, 0.29) is 27.4 Å². The van der Waals surface area contributed by atoms with Crippen LogP contribution in [0.2, 0.25) is 0 Å². The molecule has 1 atom stereocenters. The van der Waals surface area contributed by atoms with Crippen molar-refractivity contribution in [1.29, 1.82) is 0 Å². The Hall–Kier alpha value is -1.47. The van der Waals surface area contributed by atoms with Gasteiger partial charge in [-0.05, 0) is 37.0 Å². The maximum atomic E-state index is 12.1. The van der Waals surface area contributed by atoms with Crippen molar-refractivity contribution in [2.24, 2.45) is 11.7 Å². The van der Waals surface area contributed by atoms with Crippen LogP contribution in [-0.4, -0.2) is 31.6 Å². The average molecular weight is 312 g/mol. The molecule has 1 saturated carbocycles. The molecule has 7 heteroatoms. The van der Waals surface area contributed by atoms with Crippen molar-refractivity contribution in [3.05, 3.63) is 29.8 Å². The van der Waals surface area contributed by atoms with E-state index in [9.17, 15) is 13.2 Å². The molecule has 0 spiro atoms. The predicted octanol–water partition coefficient (Wildman–Crippen LogP) is 0.885. The van der Waals surface area contributed by atoms with Crippen LogP contribution < -0.4 is 11.1 Å². The lowest BCUT2D eigenvalue weighted by Gasteiger charge is -2.16. The van der Waals surface area contributed by atoms with Crippen LogP contribution in [0.5, 0.6) is 0 Å². The summed E-state index contributed by atoms with van der Waals surface area (Å²) in [5.74, 6) is -0.0604. The van der Waals surface area contributed by atoms with Gasteiger partial charge in [0.1, 0.15) is 0 Å². The van der Waals surface area contributed by atoms with Gasteiger partial charge in [0.2, 0.25) is 0 Å². The molecule has 0 aliphatic heterocycles. The first-order valence-electron chi connectivity index (χ1n) is 6.19. The van der Waals surface area contributed by atoms with Gasteiger partial charge in [-0.2, -0.15) is 0 Å². The third-order valence-electron chi connectivity index (χ3n) is 3.21. The Balaban J connectivity index is 2.19. The lowest BCUT2D eigenvalue weighted by atomic mass is 10.1. The number of benzene rings is 1. The Morgan fingerprint density at radius 1 is 1.45 bits per heavy atom. The number of amides is 1. The van der Waals surface area contributed by atoms with Gasteiger partial charge in [-0.25, -0.2) is 8.42 Å². The van der Waals surface area contributed by atoms with E-state index < -0.39 is 9.84 Å². The normalized spacial score (nSPS) is 16.4. The van der Waals surface area contributed by atoms with Crippen molar-refractivity contribution < 1.29 is 13.2 Å². The fraction of sp³-hybridized carbons (Fsp3) is 0.385. The van der Waals surface area contributed by atoms with Gasteiger partial charge in [0, 0.05) is 11.8 Å². The zero-order chi connectivity index (χ0) is 14.9. The number of sulfone groups is 1. The molecule has 0 aromatic heterocycles. The Bertz CT molecular complexity index is 651. The van der Waals surface area contributed by atoms with Crippen LogP contribution in [0, 0.1) is 5.92 Å². The zero-order valence-corrected chi connectivity index (χ0v) is 12.6. The van der Waals surface area contributed by atoms with Crippen LogP contribution in [0.15, 0.2) is 29.2 Å². The van der Waals surface area contributed by atoms with Crippen molar-refractivity contribution >= 4 is 33.0 Å². The molecule has 1 aliphatic carbocycles. The highest BCUT2D eigenvalue weighted by atomic mass is 32.2. The SMILES string of the molecule is CS(=O)(=O)c1cccc(C(=O)NC(C(N)=S)C2CC2)c1. The molecule has 5 nitrogen and oxygen atoms in total. The summed E-state index contributed by atoms with van der Waals surface area (Å²) in [7, 11) is -3.34. The van der Waals surface area contributed by atoms with Crippen LogP contribution in [-0.2, 0) is 9.84 Å². The second-order valence-electron chi connectivity index (χ2n) is 4.99. The number of nitrogens with one attached hydrogen (secondary N) is 1. The molecule has 1 unspecified atom stereocenters. The second kappa shape index (κ2) is 5.49. The molecule has 1 aromatic carbocycles. The first-order chi connectivity index (χ1) is 9.29. The summed E-state index contributed by atoms with van der Waals surface area (Å²) < 4.78 is 23.0. The first kappa shape index (κ1) is 14.9. The number of carbonyl (C=O) groups is 1. The summed E-state index contributed by atoms with van der Waals surface area (Å²) >= 11 is 4.95. The molecule has 20 heavy (non-hydrogen) atoms. The molecule has 0 radical (unpaired) electrons. The molecule has 108 valence electrons. The number of thiocarbonyl (C=S) groups is 1. The van der Waals surface area contributed by atoms with Crippen LogP contribution in [0.1, 0.15) is 23.2 Å². The van der Waals surface area contributed by atoms with E-state index in [1.165, 1.54) is 18.2 Å². The molecule has 1 aromatic rings. The van der Waals surface area contributed by atoms with Crippen LogP contribution in [0.4, 0.5) is 0 Å². The highest BCUT2D eigenvalue weighted by Gasteiger charge is 2.34. The fourth-order valence-corrected chi connectivity index (χ4v) is 2.86. The number of nitrogens with two attached hydrogens (primary N) is 1. The van der Waals surface area contributed by atoms with Gasteiger partial charge < -0.3 is 11.1 Å². The zero-order valence-electron chi connectivity index (χ0n) is 11.0. The molecule has 1 amide bonds. The molecular formula is C13H16N2O3S2. The van der Waals surface area contributed by atoms with E-state index >= 15 is 0 Å². The average Bonchev–Trinajstić information content (AvgIpc) is 3.18. The molecule has 0 saturated heterocycles. The van der Waals surface area contributed by atoms with Crippen molar-refractivity contribution in [1.82, 2.24) is 5.32 Å². The number of carbonyl (C=O) groups excluding carboxylic acids is 1. The number of hydrogen-bond donors (Lipinski definition) is 2. The topological polar surface area (TPSA) is 89.3 Å². The molecule has 1 fully saturated rings. The minimum atomic E-state index is -3.34. The quantitative estimate of drug-likeness (QED) is 0.788. The van der Waals surface area contributed by atoms with Crippen LogP contribution in [0.3, 0.4) is 0 Å². The van der Waals surface area contributed by atoms with Gasteiger partial charge in [-0.1, -0.05) is 18.3 Å². The largest absolute Gasteiger partial charge is 0.392 e. The Morgan fingerprint density at radius 3 is 2.60 bits per heavy atom. The predicted molar refractivity (Wildman–Crippen MR) is 80.3 cm³/mol. The summed E-state index contributed by atoms with van der Waals surface area (Å²) in [6.07, 6.45) is 3.09. The lowest BCUT2D eigenvalue weighted by Crippen LogP contribution is -2.45. The molecular weight excluding hydrogens is 296 g/mol. The summed E-state index contributed by atoms with van der Waals surface area (Å²) in [5, 5.41) is 2.77. The Kier molecular flexibility index (Phi) is 4.10. The maximum absolute atomic E-state index is 12.1. The van der Waals surface area contributed by atoms with Gasteiger partial charge >= 0.3 is 0 Å². The Morgan fingerprint density at radius 2 is 2.10 bits per heavy atom. The molecule has 2 rings (SSSR count). The van der Waals surface area contributed by atoms with Gasteiger partial charge in [-0.15, -0.1) is 0 Å². The van der Waals surface area contributed by atoms with E-state index in [1.807, 2.05) is 0 Å². The minimum absolute atomic E-state index is 0.114. The van der Waals surface area contributed by atoms with Gasteiger partial charge in [0.05, 0.1) is 15.9 Å². The van der Waals surface area contributed by atoms with Crippen molar-refractivity contribution in [2.75, 3.05) is 6.26 Å². The van der Waals surface area contributed by atoms with Crippen LogP contribution >= 0.6 is 12.2 Å². The summed E-state index contributed by atoms with van der Waals surface area (Å²) in [6.45, 7) is 0. The van der Waals surface area contributed by atoms with Crippen LogP contribution in [0.25, 0.3) is 0 Å². The maximum Gasteiger partial charge on any atom is 0.251 e. The summed E-state index contributed by atoms with van der Waals surface area (Å²) in [5.41, 5.74) is 5.91. The molecule has 1 aliphatic rings. The fourth-order valence-electron chi connectivity index (χ4n) is 1.94. The van der Waals surface area contributed by atoms with Crippen molar-refractivity contribution in [2.45, 2.75) is 23.8 Å². The first-order valence-corrected chi connectivity index (χ1v) is 8.49. The second-order valence-corrected chi connectivity index (χ2v) is 7.48. The third-order valence-corrected chi connectivity index (χ3v) is 4.58. The highest BCUT2D eigenvalue weighted by Crippen LogP contribution is 2.32. The third kappa shape index (κ3) is 3.55. The van der Waals surface area contributed by atoms with Crippen molar-refractivity contribution in [3.63, 3.8) is 0 Å². The van der Waals surface area contributed by atoms with E-state index in [0.717, 1.165) is 19.1 Å². The highest BCUT2D eigenvalue weighted by molar-refractivity contribution is 7.90. The minimum Gasteiger partial charge on any atom is -0.392 e. The smallest absolute Gasteiger partial charge is 0.251 e. The molecule has 3 N–H and O–H groups in total. The van der Waals surface area contributed by atoms with Crippen molar-refractivity contribution in [3.8, 4) is 0 Å².